The zero-order valence-corrected chi connectivity index (χ0v) is 9.73. The number of hydrogen-bond acceptors (Lipinski definition) is 3. The molecule has 1 heterocycles. The summed E-state index contributed by atoms with van der Waals surface area (Å²) in [4.78, 5) is 24.6. The Hall–Kier alpha value is -1.64. The highest BCUT2D eigenvalue weighted by atomic mass is 16.5. The number of Topliss-reactive ketones (excluding diaryl/α,β-unsaturated/α-hetero) is 2. The normalized spacial score (nSPS) is 31.5. The van der Waals surface area contributed by atoms with Crippen LogP contribution in [0.25, 0.3) is 0 Å². The van der Waals surface area contributed by atoms with E-state index in [1.807, 2.05) is 31.2 Å². The van der Waals surface area contributed by atoms with E-state index in [4.69, 9.17) is 4.74 Å². The third-order valence-electron chi connectivity index (χ3n) is 3.92. The molecular weight excluding hydrogens is 216 g/mol. The molecular formula is C14H14O3. The highest BCUT2D eigenvalue weighted by Gasteiger charge is 2.56. The smallest absolute Gasteiger partial charge is 0.154 e. The minimum absolute atomic E-state index is 0.0609. The molecule has 0 amide bonds. The second-order valence-electron chi connectivity index (χ2n) is 4.89. The van der Waals surface area contributed by atoms with Crippen LogP contribution in [0.2, 0.25) is 0 Å². The van der Waals surface area contributed by atoms with Gasteiger partial charge in [-0.15, -0.1) is 0 Å². The van der Waals surface area contributed by atoms with Crippen molar-refractivity contribution in [3.63, 3.8) is 0 Å². The van der Waals surface area contributed by atoms with Crippen LogP contribution in [0.4, 0.5) is 0 Å². The third-order valence-corrected chi connectivity index (χ3v) is 3.92. The predicted molar refractivity (Wildman–Crippen MR) is 62.0 cm³/mol. The van der Waals surface area contributed by atoms with Crippen LogP contribution in [0.3, 0.4) is 0 Å². The molecule has 0 N–H and O–H groups in total. The largest absolute Gasteiger partial charge is 0.493 e. The molecule has 2 aliphatic rings. The molecule has 0 radical (unpaired) electrons. The van der Waals surface area contributed by atoms with E-state index < -0.39 is 5.41 Å². The van der Waals surface area contributed by atoms with Gasteiger partial charge in [0.2, 0.25) is 0 Å². The lowest BCUT2D eigenvalue weighted by Gasteiger charge is -2.32. The molecule has 3 rings (SSSR count). The summed E-state index contributed by atoms with van der Waals surface area (Å²) in [6, 6.07) is 7.41. The van der Waals surface area contributed by atoms with Gasteiger partial charge in [0.25, 0.3) is 0 Å². The molecule has 1 aromatic carbocycles. The Morgan fingerprint density at radius 3 is 2.76 bits per heavy atom. The number of para-hydroxylation sites is 1. The van der Waals surface area contributed by atoms with Crippen molar-refractivity contribution in [2.24, 2.45) is 5.92 Å². The molecule has 0 aromatic heterocycles. The average Bonchev–Trinajstić information content (AvgIpc) is 2.55. The van der Waals surface area contributed by atoms with Gasteiger partial charge in [0, 0.05) is 24.3 Å². The van der Waals surface area contributed by atoms with Crippen molar-refractivity contribution in [3.8, 4) is 5.75 Å². The van der Waals surface area contributed by atoms with Crippen molar-refractivity contribution in [2.75, 3.05) is 6.61 Å². The Balaban J connectivity index is 2.22. The highest BCUT2D eigenvalue weighted by molar-refractivity contribution is 6.19. The highest BCUT2D eigenvalue weighted by Crippen LogP contribution is 2.46. The molecule has 17 heavy (non-hydrogen) atoms. The molecule has 0 saturated heterocycles. The maximum atomic E-state index is 12.4. The fraction of sp³-hybridized carbons (Fsp3) is 0.429. The topological polar surface area (TPSA) is 43.4 Å². The lowest BCUT2D eigenvalue weighted by atomic mass is 9.72. The Morgan fingerprint density at radius 1 is 1.29 bits per heavy atom. The first-order valence-corrected chi connectivity index (χ1v) is 5.96. The molecule has 1 aliphatic heterocycles. The van der Waals surface area contributed by atoms with Crippen molar-refractivity contribution < 1.29 is 14.3 Å². The van der Waals surface area contributed by atoms with Gasteiger partial charge in [-0.25, -0.2) is 0 Å². The Kier molecular flexibility index (Phi) is 2.12. The van der Waals surface area contributed by atoms with Crippen LogP contribution < -0.4 is 4.74 Å². The van der Waals surface area contributed by atoms with Crippen LogP contribution in [-0.2, 0) is 15.0 Å². The molecule has 1 spiro atoms. The minimum Gasteiger partial charge on any atom is -0.493 e. The number of ketones is 2. The van der Waals surface area contributed by atoms with Gasteiger partial charge in [0.1, 0.15) is 11.2 Å². The van der Waals surface area contributed by atoms with Crippen LogP contribution in [0.15, 0.2) is 24.3 Å². The van der Waals surface area contributed by atoms with E-state index in [0.717, 1.165) is 5.56 Å². The molecule has 1 aliphatic carbocycles. The fourth-order valence-corrected chi connectivity index (χ4v) is 3.04. The van der Waals surface area contributed by atoms with Gasteiger partial charge in [0.15, 0.2) is 11.6 Å². The summed E-state index contributed by atoms with van der Waals surface area (Å²) in [7, 11) is 0. The fourth-order valence-electron chi connectivity index (χ4n) is 3.04. The van der Waals surface area contributed by atoms with Gasteiger partial charge in [-0.1, -0.05) is 25.1 Å². The number of benzene rings is 1. The maximum absolute atomic E-state index is 12.4. The van der Waals surface area contributed by atoms with Crippen LogP contribution in [0.1, 0.15) is 25.3 Å². The molecule has 88 valence electrons. The first-order chi connectivity index (χ1) is 8.16. The van der Waals surface area contributed by atoms with Crippen LogP contribution in [-0.4, -0.2) is 18.2 Å². The Morgan fingerprint density at radius 2 is 2.06 bits per heavy atom. The van der Waals surface area contributed by atoms with E-state index >= 15 is 0 Å². The predicted octanol–water partition coefficient (Wildman–Crippen LogP) is 1.88. The lowest BCUT2D eigenvalue weighted by molar-refractivity contribution is -0.131. The molecule has 1 saturated carbocycles. The van der Waals surface area contributed by atoms with E-state index in [0.29, 0.717) is 25.2 Å². The van der Waals surface area contributed by atoms with E-state index in [1.54, 1.807) is 0 Å². The second-order valence-corrected chi connectivity index (χ2v) is 4.89. The van der Waals surface area contributed by atoms with Crippen LogP contribution in [0.5, 0.6) is 5.75 Å². The molecule has 1 fully saturated rings. The summed E-state index contributed by atoms with van der Waals surface area (Å²) in [5.41, 5.74) is -0.139. The summed E-state index contributed by atoms with van der Waals surface area (Å²) in [6.45, 7) is 2.29. The van der Waals surface area contributed by atoms with Crippen molar-refractivity contribution in [2.45, 2.75) is 25.2 Å². The summed E-state index contributed by atoms with van der Waals surface area (Å²) in [5, 5.41) is 0. The first kappa shape index (κ1) is 10.5. The Bertz CT molecular complexity index is 506. The van der Waals surface area contributed by atoms with Crippen molar-refractivity contribution in [1.82, 2.24) is 0 Å². The number of carbonyl (C=O) groups excluding carboxylic acids is 2. The average molecular weight is 230 g/mol. The van der Waals surface area contributed by atoms with E-state index in [-0.39, 0.29) is 17.5 Å². The van der Waals surface area contributed by atoms with Gasteiger partial charge >= 0.3 is 0 Å². The summed E-state index contributed by atoms with van der Waals surface area (Å²) in [6.07, 6.45) is 0.860. The van der Waals surface area contributed by atoms with E-state index in [2.05, 4.69) is 0 Å². The van der Waals surface area contributed by atoms with Gasteiger partial charge in [-0.05, 0) is 6.07 Å². The number of fused-ring (bicyclic) bond motifs is 2. The lowest BCUT2D eigenvalue weighted by Crippen LogP contribution is -2.43. The van der Waals surface area contributed by atoms with Gasteiger partial charge in [0.05, 0.1) is 6.61 Å². The third kappa shape index (κ3) is 1.22. The zero-order valence-electron chi connectivity index (χ0n) is 9.73. The quantitative estimate of drug-likeness (QED) is 0.639. The second kappa shape index (κ2) is 3.42. The monoisotopic (exact) mass is 230 g/mol. The summed E-state index contributed by atoms with van der Waals surface area (Å²) in [5.74, 6) is 0.659. The van der Waals surface area contributed by atoms with Gasteiger partial charge in [-0.2, -0.15) is 0 Å². The van der Waals surface area contributed by atoms with Crippen molar-refractivity contribution >= 4 is 11.6 Å². The molecule has 1 aromatic rings. The van der Waals surface area contributed by atoms with Gasteiger partial charge in [-0.3, -0.25) is 9.59 Å². The number of carbonyl (C=O) groups is 2. The van der Waals surface area contributed by atoms with Crippen molar-refractivity contribution in [1.29, 1.82) is 0 Å². The molecule has 3 nitrogen and oxygen atoms in total. The summed E-state index contributed by atoms with van der Waals surface area (Å²) < 4.78 is 5.54. The summed E-state index contributed by atoms with van der Waals surface area (Å²) >= 11 is 0. The van der Waals surface area contributed by atoms with Crippen LogP contribution in [0, 0.1) is 5.92 Å². The number of hydrogen-bond donors (Lipinski definition) is 0. The van der Waals surface area contributed by atoms with E-state index in [9.17, 15) is 9.59 Å². The maximum Gasteiger partial charge on any atom is 0.154 e. The van der Waals surface area contributed by atoms with Crippen molar-refractivity contribution in [3.05, 3.63) is 29.8 Å². The minimum atomic E-state index is -0.908. The molecule has 0 unspecified atom stereocenters. The molecule has 2 atom stereocenters. The zero-order chi connectivity index (χ0) is 12.0. The SMILES string of the molecule is C[C@@H]1CC(=O)[C@]2(CCOc3ccccc32)C1=O. The van der Waals surface area contributed by atoms with Crippen LogP contribution >= 0.6 is 0 Å². The first-order valence-electron chi connectivity index (χ1n) is 5.96. The van der Waals surface area contributed by atoms with E-state index in [1.165, 1.54) is 0 Å². The molecule has 0 bridgehead atoms. The standard InChI is InChI=1S/C14H14O3/c1-9-8-12(15)14(13(9)16)6-7-17-11-5-3-2-4-10(11)14/h2-5,9H,6-8H2,1H3/t9-,14-/m1/s1. The Labute approximate surface area is 99.8 Å². The molecule has 3 heteroatoms. The van der Waals surface area contributed by atoms with Gasteiger partial charge < -0.3 is 4.74 Å². The number of rotatable bonds is 0. The number of ether oxygens (including phenoxy) is 1.